The molecule has 0 fully saturated rings. The monoisotopic (exact) mass is 343 g/mol. The smallest absolute Gasteiger partial charge is 0.207 e. The fourth-order valence-electron chi connectivity index (χ4n) is 1.79. The first-order valence-electron chi connectivity index (χ1n) is 5.85. The Kier molecular flexibility index (Phi) is 4.85. The molecule has 2 aromatic rings. The minimum atomic E-state index is 0.214. The van der Waals surface area contributed by atoms with Crippen LogP contribution in [0.3, 0.4) is 0 Å². The van der Waals surface area contributed by atoms with Crippen LogP contribution >= 0.6 is 27.5 Å². The predicted octanol–water partition coefficient (Wildman–Crippen LogP) is 4.25. The lowest BCUT2D eigenvalue weighted by molar-refractivity contribution is 0.163. The van der Waals surface area contributed by atoms with Crippen LogP contribution in [0.4, 0.5) is 11.6 Å². The minimum absolute atomic E-state index is 0.214. The molecule has 0 amide bonds. The maximum atomic E-state index is 5.97. The van der Waals surface area contributed by atoms with E-state index in [0.29, 0.717) is 11.6 Å². The molecule has 1 heterocycles. The van der Waals surface area contributed by atoms with Crippen LogP contribution in [0, 0.1) is 0 Å². The van der Waals surface area contributed by atoms with Crippen molar-refractivity contribution in [2.45, 2.75) is 13.0 Å². The summed E-state index contributed by atoms with van der Waals surface area (Å²) >= 11 is 9.38. The third kappa shape index (κ3) is 3.49. The number of anilines is 2. The van der Waals surface area contributed by atoms with E-state index in [1.54, 1.807) is 13.3 Å². The van der Waals surface area contributed by atoms with Gasteiger partial charge < -0.3 is 14.6 Å². The van der Waals surface area contributed by atoms with Gasteiger partial charge in [-0.25, -0.2) is 4.98 Å². The quantitative estimate of drug-likeness (QED) is 0.881. The molecular weight excluding hydrogens is 330 g/mol. The number of nitrogens with one attached hydrogen (secondary N) is 1. The van der Waals surface area contributed by atoms with Gasteiger partial charge in [-0.15, -0.1) is 0 Å². The molecule has 0 aliphatic rings. The van der Waals surface area contributed by atoms with E-state index in [4.69, 9.17) is 16.3 Å². The molecule has 0 aliphatic carbocycles. The summed E-state index contributed by atoms with van der Waals surface area (Å²) in [6.45, 7) is 2.71. The Bertz CT molecular complexity index is 559. The number of imidazole rings is 1. The number of hydrogen-bond donors (Lipinski definition) is 1. The number of methoxy groups -OCH3 is 1. The fraction of sp³-hybridized carbons (Fsp3) is 0.308. The number of ether oxygens (including phenoxy) is 1. The molecular formula is C13H15BrClN3O. The lowest BCUT2D eigenvalue weighted by Gasteiger charge is -2.16. The Morgan fingerprint density at radius 1 is 1.53 bits per heavy atom. The van der Waals surface area contributed by atoms with E-state index < -0.39 is 0 Å². The Morgan fingerprint density at radius 2 is 2.32 bits per heavy atom. The average Bonchev–Trinajstić information content (AvgIpc) is 2.82. The molecule has 1 N–H and O–H groups in total. The minimum Gasteiger partial charge on any atom is -0.383 e. The second-order valence-electron chi connectivity index (χ2n) is 4.22. The molecule has 0 spiro atoms. The van der Waals surface area contributed by atoms with E-state index in [1.807, 2.05) is 29.0 Å². The zero-order valence-electron chi connectivity index (χ0n) is 10.7. The van der Waals surface area contributed by atoms with Crippen molar-refractivity contribution in [1.29, 1.82) is 0 Å². The molecule has 1 aromatic carbocycles. The van der Waals surface area contributed by atoms with Crippen LogP contribution in [0.5, 0.6) is 0 Å². The number of rotatable bonds is 5. The zero-order valence-corrected chi connectivity index (χ0v) is 13.1. The Balaban J connectivity index is 2.19. The highest BCUT2D eigenvalue weighted by Crippen LogP contribution is 2.27. The lowest BCUT2D eigenvalue weighted by Crippen LogP contribution is -2.12. The van der Waals surface area contributed by atoms with Gasteiger partial charge in [0, 0.05) is 29.7 Å². The number of nitrogens with zero attached hydrogens (tertiary/aromatic N) is 2. The summed E-state index contributed by atoms with van der Waals surface area (Å²) in [6, 6.07) is 5.88. The third-order valence-corrected chi connectivity index (χ3v) is 3.94. The number of hydrogen-bond acceptors (Lipinski definition) is 3. The zero-order chi connectivity index (χ0) is 13.8. The Hall–Kier alpha value is -1.04. The normalized spacial score (nSPS) is 12.4. The van der Waals surface area contributed by atoms with E-state index in [0.717, 1.165) is 16.1 Å². The number of benzene rings is 1. The highest BCUT2D eigenvalue weighted by molar-refractivity contribution is 9.10. The van der Waals surface area contributed by atoms with E-state index in [1.165, 1.54) is 0 Å². The molecule has 1 atom stereocenters. The van der Waals surface area contributed by atoms with Crippen molar-refractivity contribution in [3.63, 3.8) is 0 Å². The molecule has 0 saturated carbocycles. The molecule has 0 aliphatic heterocycles. The summed E-state index contributed by atoms with van der Waals surface area (Å²) < 4.78 is 8.05. The first-order valence-corrected chi connectivity index (χ1v) is 7.02. The largest absolute Gasteiger partial charge is 0.383 e. The van der Waals surface area contributed by atoms with Gasteiger partial charge >= 0.3 is 0 Å². The van der Waals surface area contributed by atoms with Gasteiger partial charge in [-0.3, -0.25) is 0 Å². The second-order valence-corrected chi connectivity index (χ2v) is 5.48. The second kappa shape index (κ2) is 6.41. The van der Waals surface area contributed by atoms with Crippen LogP contribution < -0.4 is 5.32 Å². The van der Waals surface area contributed by atoms with Crippen LogP contribution in [0.1, 0.15) is 13.0 Å². The number of aromatic nitrogens is 2. The van der Waals surface area contributed by atoms with Gasteiger partial charge in [0.2, 0.25) is 5.95 Å². The Labute approximate surface area is 125 Å². The van der Waals surface area contributed by atoms with Crippen LogP contribution in [0.2, 0.25) is 5.02 Å². The van der Waals surface area contributed by atoms with Crippen molar-refractivity contribution in [3.8, 4) is 0 Å². The first-order chi connectivity index (χ1) is 9.11. The molecule has 0 saturated heterocycles. The van der Waals surface area contributed by atoms with E-state index in [-0.39, 0.29) is 6.04 Å². The predicted molar refractivity (Wildman–Crippen MR) is 81.2 cm³/mol. The lowest BCUT2D eigenvalue weighted by atomic mass is 10.3. The molecule has 102 valence electrons. The molecule has 0 radical (unpaired) electrons. The molecule has 6 heteroatoms. The topological polar surface area (TPSA) is 39.1 Å². The summed E-state index contributed by atoms with van der Waals surface area (Å²) in [7, 11) is 1.69. The molecule has 19 heavy (non-hydrogen) atoms. The van der Waals surface area contributed by atoms with E-state index in [2.05, 4.69) is 33.2 Å². The van der Waals surface area contributed by atoms with Crippen molar-refractivity contribution in [2.24, 2.45) is 0 Å². The maximum absolute atomic E-state index is 5.97. The summed E-state index contributed by atoms with van der Waals surface area (Å²) in [5.74, 6) is 0.777. The summed E-state index contributed by atoms with van der Waals surface area (Å²) in [5, 5.41) is 3.95. The van der Waals surface area contributed by atoms with E-state index in [9.17, 15) is 0 Å². The van der Waals surface area contributed by atoms with Gasteiger partial charge in [0.1, 0.15) is 0 Å². The van der Waals surface area contributed by atoms with Crippen LogP contribution in [-0.2, 0) is 4.74 Å². The molecule has 4 nitrogen and oxygen atoms in total. The van der Waals surface area contributed by atoms with Gasteiger partial charge in [-0.2, -0.15) is 0 Å². The van der Waals surface area contributed by atoms with Crippen molar-refractivity contribution >= 4 is 39.2 Å². The highest BCUT2D eigenvalue weighted by atomic mass is 79.9. The molecule has 2 rings (SSSR count). The molecule has 1 aromatic heterocycles. The van der Waals surface area contributed by atoms with Crippen molar-refractivity contribution < 1.29 is 4.74 Å². The van der Waals surface area contributed by atoms with E-state index >= 15 is 0 Å². The molecule has 1 unspecified atom stereocenters. The van der Waals surface area contributed by atoms with Crippen molar-refractivity contribution in [1.82, 2.24) is 9.55 Å². The summed E-state index contributed by atoms with van der Waals surface area (Å²) in [5.41, 5.74) is 0.924. The Morgan fingerprint density at radius 3 is 3.00 bits per heavy atom. The van der Waals surface area contributed by atoms with Crippen molar-refractivity contribution in [2.75, 3.05) is 19.0 Å². The highest BCUT2D eigenvalue weighted by Gasteiger charge is 2.10. The van der Waals surface area contributed by atoms with Gasteiger partial charge in [0.25, 0.3) is 0 Å². The van der Waals surface area contributed by atoms with Gasteiger partial charge in [0.05, 0.1) is 17.7 Å². The first kappa shape index (κ1) is 14.4. The fourth-order valence-corrected chi connectivity index (χ4v) is 2.29. The standard InChI is InChI=1S/C13H15BrClN3O/c1-9(8-19-2)18-6-5-16-13(18)17-10-3-4-12(15)11(14)7-10/h3-7,9H,8H2,1-2H3,(H,16,17). The van der Waals surface area contributed by atoms with Crippen molar-refractivity contribution in [3.05, 3.63) is 40.1 Å². The van der Waals surface area contributed by atoms with Gasteiger partial charge in [-0.05, 0) is 41.1 Å². The average molecular weight is 345 g/mol. The van der Waals surface area contributed by atoms with Gasteiger partial charge in [-0.1, -0.05) is 11.6 Å². The summed E-state index contributed by atoms with van der Waals surface area (Å²) in [4.78, 5) is 4.31. The molecule has 0 bridgehead atoms. The van der Waals surface area contributed by atoms with Crippen LogP contribution in [0.25, 0.3) is 0 Å². The van der Waals surface area contributed by atoms with Gasteiger partial charge in [0.15, 0.2) is 0 Å². The van der Waals surface area contributed by atoms with Crippen LogP contribution in [-0.4, -0.2) is 23.3 Å². The third-order valence-electron chi connectivity index (χ3n) is 2.73. The maximum Gasteiger partial charge on any atom is 0.207 e. The summed E-state index contributed by atoms with van der Waals surface area (Å²) in [6.07, 6.45) is 3.69. The SMILES string of the molecule is COCC(C)n1ccnc1Nc1ccc(Cl)c(Br)c1. The van der Waals surface area contributed by atoms with Crippen LogP contribution in [0.15, 0.2) is 35.1 Å². The number of halogens is 2.